The van der Waals surface area contributed by atoms with Crippen molar-refractivity contribution < 1.29 is 35.9 Å². The number of anilines is 1. The zero-order chi connectivity index (χ0) is 23.1. The molecule has 2 aromatic carbocycles. The van der Waals surface area contributed by atoms with Gasteiger partial charge in [0.25, 0.3) is 5.91 Å². The lowest BCUT2D eigenvalue weighted by atomic mass is 10.1. The molecular weight excluding hydrogens is 460 g/mol. The van der Waals surface area contributed by atoms with Gasteiger partial charge in [-0.05, 0) is 37.6 Å². The highest BCUT2D eigenvalue weighted by Crippen LogP contribution is 2.37. The van der Waals surface area contributed by atoms with Crippen molar-refractivity contribution in [3.8, 4) is 11.5 Å². The van der Waals surface area contributed by atoms with E-state index in [1.54, 1.807) is 0 Å². The van der Waals surface area contributed by atoms with Crippen molar-refractivity contribution in [3.63, 3.8) is 0 Å². The first-order chi connectivity index (χ1) is 15.0. The molecule has 0 aromatic heterocycles. The molecule has 1 amide bonds. The predicted molar refractivity (Wildman–Crippen MR) is 114 cm³/mol. The van der Waals surface area contributed by atoms with E-state index in [0.29, 0.717) is 11.5 Å². The number of amides is 1. The van der Waals surface area contributed by atoms with Crippen molar-refractivity contribution in [1.82, 2.24) is 4.72 Å². The van der Waals surface area contributed by atoms with E-state index in [0.717, 1.165) is 0 Å². The second kappa shape index (κ2) is 8.19. The molecule has 32 heavy (non-hydrogen) atoms. The largest absolute Gasteiger partial charge is 0.454 e. The van der Waals surface area contributed by atoms with E-state index in [1.165, 1.54) is 43.3 Å². The van der Waals surface area contributed by atoms with Crippen molar-refractivity contribution in [1.29, 1.82) is 0 Å². The number of fused-ring (bicyclic) bond motifs is 1. The molecule has 12 heteroatoms. The number of hydrogen-bond donors (Lipinski definition) is 2. The Balaban J connectivity index is 1.56. The molecule has 0 radical (unpaired) electrons. The van der Waals surface area contributed by atoms with Crippen molar-refractivity contribution in [2.24, 2.45) is 0 Å². The van der Waals surface area contributed by atoms with E-state index in [1.807, 2.05) is 0 Å². The minimum Gasteiger partial charge on any atom is -0.454 e. The van der Waals surface area contributed by atoms with E-state index in [-0.39, 0.29) is 52.2 Å². The number of ketones is 1. The number of carbonyl (C=O) groups is 2. The average molecular weight is 481 g/mol. The summed E-state index contributed by atoms with van der Waals surface area (Å²) >= 11 is 0. The second-order valence-corrected chi connectivity index (χ2v) is 11.5. The Labute approximate surface area is 184 Å². The molecule has 1 fully saturated rings. The molecule has 0 aliphatic carbocycles. The SMILES string of the molecule is CC(=O)c1cc2c(cc1NC(=O)c1cccc(S(=O)(=O)NC3CCS(=O)(=O)C3)c1)OCO2. The second-order valence-electron chi connectivity index (χ2n) is 7.51. The number of sulfone groups is 1. The normalized spacial score (nSPS) is 19.0. The first-order valence-corrected chi connectivity index (χ1v) is 12.9. The van der Waals surface area contributed by atoms with Gasteiger partial charge in [-0.1, -0.05) is 6.07 Å². The Morgan fingerprint density at radius 2 is 1.81 bits per heavy atom. The summed E-state index contributed by atoms with van der Waals surface area (Å²) in [5, 5.41) is 2.61. The number of Topliss-reactive ketones (excluding diaryl/α,β-unsaturated/α-hetero) is 1. The molecule has 0 saturated carbocycles. The number of ether oxygens (including phenoxy) is 2. The van der Waals surface area contributed by atoms with Gasteiger partial charge in [-0.3, -0.25) is 9.59 Å². The van der Waals surface area contributed by atoms with E-state index >= 15 is 0 Å². The topological polar surface area (TPSA) is 145 Å². The summed E-state index contributed by atoms with van der Waals surface area (Å²) in [5.74, 6) is -0.503. The Bertz CT molecular complexity index is 1320. The van der Waals surface area contributed by atoms with Crippen LogP contribution in [0, 0.1) is 0 Å². The van der Waals surface area contributed by atoms with Crippen molar-refractivity contribution in [2.75, 3.05) is 23.6 Å². The van der Waals surface area contributed by atoms with Crippen molar-refractivity contribution >= 4 is 37.2 Å². The molecule has 10 nitrogen and oxygen atoms in total. The number of sulfonamides is 1. The summed E-state index contributed by atoms with van der Waals surface area (Å²) in [4.78, 5) is 24.6. The van der Waals surface area contributed by atoms with Crippen LogP contribution in [0.3, 0.4) is 0 Å². The highest BCUT2D eigenvalue weighted by molar-refractivity contribution is 7.92. The van der Waals surface area contributed by atoms with Gasteiger partial charge in [0.2, 0.25) is 16.8 Å². The van der Waals surface area contributed by atoms with Crippen molar-refractivity contribution in [2.45, 2.75) is 24.3 Å². The van der Waals surface area contributed by atoms with E-state index in [2.05, 4.69) is 10.0 Å². The van der Waals surface area contributed by atoms with Gasteiger partial charge in [-0.2, -0.15) is 0 Å². The molecule has 4 rings (SSSR count). The van der Waals surface area contributed by atoms with Crippen LogP contribution in [0.25, 0.3) is 0 Å². The highest BCUT2D eigenvalue weighted by Gasteiger charge is 2.31. The number of carbonyl (C=O) groups excluding carboxylic acids is 2. The smallest absolute Gasteiger partial charge is 0.255 e. The average Bonchev–Trinajstić information content (AvgIpc) is 3.32. The summed E-state index contributed by atoms with van der Waals surface area (Å²) in [6, 6.07) is 7.55. The molecule has 1 saturated heterocycles. The van der Waals surface area contributed by atoms with E-state index < -0.39 is 31.8 Å². The standard InChI is InChI=1S/C20H20N2O8S2/c1-12(23)16-8-18-19(30-11-29-18)9-17(16)21-20(24)13-3-2-4-15(7-13)32(27,28)22-14-5-6-31(25,26)10-14/h2-4,7-9,14,22H,5-6,10-11H2,1H3,(H,21,24). The Morgan fingerprint density at radius 3 is 2.47 bits per heavy atom. The van der Waals surface area contributed by atoms with Crippen LogP contribution in [0.15, 0.2) is 41.3 Å². The number of rotatable bonds is 6. The lowest BCUT2D eigenvalue weighted by Gasteiger charge is -2.13. The third-order valence-electron chi connectivity index (χ3n) is 5.10. The fourth-order valence-electron chi connectivity index (χ4n) is 3.51. The molecule has 170 valence electrons. The Kier molecular flexibility index (Phi) is 5.69. The van der Waals surface area contributed by atoms with Crippen LogP contribution in [0.4, 0.5) is 5.69 Å². The molecule has 2 aromatic rings. The van der Waals surface area contributed by atoms with Crippen LogP contribution in [0.1, 0.15) is 34.1 Å². The zero-order valence-corrected chi connectivity index (χ0v) is 18.6. The van der Waals surface area contributed by atoms with Gasteiger partial charge in [0.1, 0.15) is 0 Å². The first-order valence-electron chi connectivity index (χ1n) is 9.63. The van der Waals surface area contributed by atoms with Gasteiger partial charge in [0, 0.05) is 23.2 Å². The lowest BCUT2D eigenvalue weighted by Crippen LogP contribution is -2.35. The van der Waals surface area contributed by atoms with Crippen LogP contribution in [0.2, 0.25) is 0 Å². The molecular formula is C20H20N2O8S2. The van der Waals surface area contributed by atoms with Gasteiger partial charge >= 0.3 is 0 Å². The maximum absolute atomic E-state index is 12.8. The highest BCUT2D eigenvalue weighted by atomic mass is 32.2. The fourth-order valence-corrected chi connectivity index (χ4v) is 6.61. The molecule has 2 N–H and O–H groups in total. The molecule has 1 unspecified atom stereocenters. The Hall–Kier alpha value is -2.96. The summed E-state index contributed by atoms with van der Waals surface area (Å²) < 4.78 is 61.5. The number of hydrogen-bond acceptors (Lipinski definition) is 8. The molecule has 2 heterocycles. The van der Waals surface area contributed by atoms with Gasteiger partial charge < -0.3 is 14.8 Å². The molecule has 2 aliphatic rings. The van der Waals surface area contributed by atoms with E-state index in [4.69, 9.17) is 9.47 Å². The van der Waals surface area contributed by atoms with Crippen LogP contribution >= 0.6 is 0 Å². The molecule has 1 atom stereocenters. The van der Waals surface area contributed by atoms with Crippen LogP contribution in [-0.4, -0.2) is 52.9 Å². The quantitative estimate of drug-likeness (QED) is 0.589. The first kappa shape index (κ1) is 22.2. The molecule has 2 aliphatic heterocycles. The van der Waals surface area contributed by atoms with Gasteiger partial charge in [0.05, 0.1) is 22.1 Å². The van der Waals surface area contributed by atoms with Gasteiger partial charge in [0.15, 0.2) is 27.1 Å². The minimum absolute atomic E-state index is 0.000717. The summed E-state index contributed by atoms with van der Waals surface area (Å²) in [6.07, 6.45) is 0.194. The third kappa shape index (κ3) is 4.61. The summed E-state index contributed by atoms with van der Waals surface area (Å²) in [5.41, 5.74) is 0.462. The predicted octanol–water partition coefficient (Wildman–Crippen LogP) is 1.34. The zero-order valence-electron chi connectivity index (χ0n) is 17.0. The van der Waals surface area contributed by atoms with Crippen LogP contribution in [0.5, 0.6) is 11.5 Å². The fraction of sp³-hybridized carbons (Fsp3) is 0.300. The van der Waals surface area contributed by atoms with Crippen molar-refractivity contribution in [3.05, 3.63) is 47.5 Å². The van der Waals surface area contributed by atoms with Gasteiger partial charge in [-0.15, -0.1) is 0 Å². The third-order valence-corrected chi connectivity index (χ3v) is 8.39. The lowest BCUT2D eigenvalue weighted by molar-refractivity contribution is 0.101. The Morgan fingerprint density at radius 1 is 1.09 bits per heavy atom. The van der Waals surface area contributed by atoms with E-state index in [9.17, 15) is 26.4 Å². The minimum atomic E-state index is -4.04. The van der Waals surface area contributed by atoms with Crippen LogP contribution < -0.4 is 19.5 Å². The summed E-state index contributed by atoms with van der Waals surface area (Å²) in [7, 11) is -7.30. The summed E-state index contributed by atoms with van der Waals surface area (Å²) in [6.45, 7) is 1.34. The number of nitrogens with one attached hydrogen (secondary N) is 2. The maximum Gasteiger partial charge on any atom is 0.255 e. The van der Waals surface area contributed by atoms with Gasteiger partial charge in [-0.25, -0.2) is 21.6 Å². The van der Waals surface area contributed by atoms with Crippen LogP contribution in [-0.2, 0) is 19.9 Å². The molecule has 0 spiro atoms. The monoisotopic (exact) mass is 480 g/mol. The maximum atomic E-state index is 12.8. The molecule has 0 bridgehead atoms. The number of benzene rings is 2.